The minimum absolute atomic E-state index is 0.00243. The Hall–Kier alpha value is -6.14. The number of fused-ring (bicyclic) bond motifs is 4. The van der Waals surface area contributed by atoms with Gasteiger partial charge in [-0.15, -0.1) is 0 Å². The molecule has 6 heterocycles. The molecule has 2 N–H and O–H groups in total. The lowest BCUT2D eigenvalue weighted by Crippen LogP contribution is -2.34. The van der Waals surface area contributed by atoms with Gasteiger partial charge in [-0.25, -0.2) is 25.6 Å². The number of nitrogens with one attached hydrogen (secondary N) is 2. The quantitative estimate of drug-likeness (QED) is 0.162. The molecule has 0 saturated carbocycles. The van der Waals surface area contributed by atoms with Crippen LogP contribution in [0.3, 0.4) is 0 Å². The lowest BCUT2D eigenvalue weighted by atomic mass is 9.93. The van der Waals surface area contributed by atoms with Gasteiger partial charge < -0.3 is 19.5 Å². The van der Waals surface area contributed by atoms with Crippen molar-refractivity contribution in [3.05, 3.63) is 101 Å². The van der Waals surface area contributed by atoms with Crippen LogP contribution in [0.1, 0.15) is 77.1 Å². The topological polar surface area (TPSA) is 185 Å². The van der Waals surface area contributed by atoms with Crippen LogP contribution in [0.5, 0.6) is 0 Å². The van der Waals surface area contributed by atoms with Crippen molar-refractivity contribution in [1.29, 1.82) is 0 Å². The molecule has 0 saturated heterocycles. The van der Waals surface area contributed by atoms with Crippen LogP contribution >= 0.6 is 0 Å². The highest BCUT2D eigenvalue weighted by Gasteiger charge is 2.34. The molecule has 4 aromatic heterocycles. The summed E-state index contributed by atoms with van der Waals surface area (Å²) in [5.41, 5.74) is 1.51. The Kier molecular flexibility index (Phi) is 10.5. The molecule has 0 spiro atoms. The van der Waals surface area contributed by atoms with E-state index < -0.39 is 49.1 Å². The number of sulfonamides is 2. The Morgan fingerprint density at radius 2 is 1.49 bits per heavy atom. The predicted octanol–water partition coefficient (Wildman–Crippen LogP) is 7.15. The zero-order chi connectivity index (χ0) is 43.6. The Morgan fingerprint density at radius 1 is 0.885 bits per heavy atom. The highest BCUT2D eigenvalue weighted by Crippen LogP contribution is 2.42. The first-order chi connectivity index (χ1) is 28.9. The van der Waals surface area contributed by atoms with E-state index in [4.69, 9.17) is 13.8 Å². The number of furan rings is 2. The van der Waals surface area contributed by atoms with Gasteiger partial charge in [0.15, 0.2) is 11.6 Å². The standard InChI is InChI=1S/C43H42F2N6O8S2/c1-24-8-6-20-51(37-29(24)22-31-33(39(52)46-3)36(59-41(31)48-37)27-14-17-43(2,45)18-15-27)61(56,57)21-16-25-9-7-19-50(60(5,54)55)38-30(25)23-32-34(40(53)47-4)35(58-42(32)49-38)26-10-12-28(44)13-11-26/h8,10-17,22-23H,6-7,9,18-21H2,1-5H3,(H,46,52)(H,47,53)/b25-16-. The van der Waals surface area contributed by atoms with Gasteiger partial charge in [-0.05, 0) is 86.7 Å². The molecule has 0 fully saturated rings. The molecule has 0 bridgehead atoms. The Morgan fingerprint density at radius 3 is 2.10 bits per heavy atom. The van der Waals surface area contributed by atoms with Gasteiger partial charge in [0.1, 0.15) is 23.0 Å². The maximum Gasteiger partial charge on any atom is 0.255 e. The fourth-order valence-electron chi connectivity index (χ4n) is 7.89. The van der Waals surface area contributed by atoms with E-state index in [1.54, 1.807) is 24.3 Å². The molecule has 8 rings (SSSR count). The van der Waals surface area contributed by atoms with E-state index in [0.29, 0.717) is 46.1 Å². The number of carbonyl (C=O) groups excluding carboxylic acids is 2. The Bertz CT molecular complexity index is 3020. The van der Waals surface area contributed by atoms with Crippen molar-refractivity contribution in [3.8, 4) is 11.3 Å². The van der Waals surface area contributed by atoms with E-state index in [2.05, 4.69) is 15.6 Å². The number of aromatic nitrogens is 2. The third-order valence-corrected chi connectivity index (χ3v) is 13.8. The summed E-state index contributed by atoms with van der Waals surface area (Å²) in [4.78, 5) is 36.1. The summed E-state index contributed by atoms with van der Waals surface area (Å²) in [7, 11) is -5.20. The molecular formula is C43H42F2N6O8S2. The van der Waals surface area contributed by atoms with Gasteiger partial charge in [0, 0.05) is 55.9 Å². The third kappa shape index (κ3) is 7.62. The van der Waals surface area contributed by atoms with Gasteiger partial charge in [-0.2, -0.15) is 9.97 Å². The van der Waals surface area contributed by atoms with Gasteiger partial charge in [0.25, 0.3) is 11.8 Å². The van der Waals surface area contributed by atoms with E-state index in [1.807, 2.05) is 13.0 Å². The molecule has 1 atom stereocenters. The molecule has 1 aliphatic carbocycles. The lowest BCUT2D eigenvalue weighted by molar-refractivity contribution is 0.0956. The summed E-state index contributed by atoms with van der Waals surface area (Å²) in [6, 6.07) is 8.59. The molecule has 14 nitrogen and oxygen atoms in total. The van der Waals surface area contributed by atoms with Crippen molar-refractivity contribution in [1.82, 2.24) is 20.6 Å². The molecule has 61 heavy (non-hydrogen) atoms. The van der Waals surface area contributed by atoms with Crippen LogP contribution in [0.4, 0.5) is 20.4 Å². The van der Waals surface area contributed by atoms with E-state index in [9.17, 15) is 35.2 Å². The summed E-state index contributed by atoms with van der Waals surface area (Å²) in [6.45, 7) is 3.34. The first-order valence-electron chi connectivity index (χ1n) is 19.5. The van der Waals surface area contributed by atoms with Crippen LogP contribution in [-0.2, 0) is 20.0 Å². The van der Waals surface area contributed by atoms with Crippen molar-refractivity contribution in [2.75, 3.05) is 47.8 Å². The number of hydrogen-bond donors (Lipinski definition) is 2. The lowest BCUT2D eigenvalue weighted by Gasteiger charge is -2.23. The van der Waals surface area contributed by atoms with E-state index in [-0.39, 0.29) is 77.0 Å². The normalized spacial score (nSPS) is 19.0. The van der Waals surface area contributed by atoms with Crippen LogP contribution in [-0.4, -0.2) is 83.5 Å². The molecule has 1 unspecified atom stereocenters. The van der Waals surface area contributed by atoms with Crippen molar-refractivity contribution in [3.63, 3.8) is 0 Å². The van der Waals surface area contributed by atoms with E-state index in [0.717, 1.165) is 16.1 Å². The number of halogens is 2. The number of pyridine rings is 2. The summed E-state index contributed by atoms with van der Waals surface area (Å²) in [5, 5.41) is 5.83. The van der Waals surface area contributed by atoms with Gasteiger partial charge >= 0.3 is 0 Å². The zero-order valence-corrected chi connectivity index (χ0v) is 35.6. The molecule has 318 valence electrons. The molecule has 2 amide bonds. The van der Waals surface area contributed by atoms with Gasteiger partial charge in [0.05, 0.1) is 33.9 Å². The number of anilines is 2. The van der Waals surface area contributed by atoms with Gasteiger partial charge in [-0.1, -0.05) is 24.3 Å². The second-order valence-electron chi connectivity index (χ2n) is 15.4. The molecule has 2 aliphatic heterocycles. The number of nitrogens with zero attached hydrogens (tertiary/aromatic N) is 4. The van der Waals surface area contributed by atoms with Gasteiger partial charge in [0.2, 0.25) is 31.5 Å². The summed E-state index contributed by atoms with van der Waals surface area (Å²) in [5.74, 6) is -1.66. The second-order valence-corrected chi connectivity index (χ2v) is 19.2. The fraction of sp³-hybridized carbons (Fsp3) is 0.302. The van der Waals surface area contributed by atoms with Crippen molar-refractivity contribution in [2.45, 2.75) is 45.2 Å². The fourth-order valence-corrected chi connectivity index (χ4v) is 10.2. The van der Waals surface area contributed by atoms with Crippen molar-refractivity contribution >= 4 is 82.4 Å². The largest absolute Gasteiger partial charge is 0.437 e. The molecular weight excluding hydrogens is 831 g/mol. The number of amides is 2. The molecule has 3 aliphatic rings. The zero-order valence-electron chi connectivity index (χ0n) is 33.9. The van der Waals surface area contributed by atoms with E-state index in [1.165, 1.54) is 61.7 Å². The first-order valence-corrected chi connectivity index (χ1v) is 22.9. The first kappa shape index (κ1) is 41.6. The third-order valence-electron chi connectivity index (χ3n) is 11.0. The van der Waals surface area contributed by atoms with Crippen LogP contribution < -0.4 is 19.2 Å². The highest BCUT2D eigenvalue weighted by atomic mass is 32.2. The molecule has 5 aromatic rings. The number of rotatable bonds is 8. The minimum Gasteiger partial charge on any atom is -0.437 e. The average Bonchev–Trinajstić information content (AvgIpc) is 3.65. The second kappa shape index (κ2) is 15.4. The molecule has 1 aromatic carbocycles. The molecule has 0 radical (unpaired) electrons. The number of allylic oxidation sites excluding steroid dienone is 6. The average molecular weight is 873 g/mol. The maximum absolute atomic E-state index is 14.7. The monoisotopic (exact) mass is 872 g/mol. The molecule has 18 heteroatoms. The smallest absolute Gasteiger partial charge is 0.255 e. The minimum atomic E-state index is -4.22. The Labute approximate surface area is 350 Å². The van der Waals surface area contributed by atoms with Crippen molar-refractivity contribution < 1.29 is 44.0 Å². The van der Waals surface area contributed by atoms with Crippen LogP contribution in [0.2, 0.25) is 0 Å². The number of hydrogen-bond acceptors (Lipinski definition) is 10. The number of carbonyl (C=O) groups is 2. The number of benzene rings is 1. The summed E-state index contributed by atoms with van der Waals surface area (Å²) < 4.78 is 98.7. The van der Waals surface area contributed by atoms with Crippen molar-refractivity contribution in [2.24, 2.45) is 0 Å². The predicted molar refractivity (Wildman–Crippen MR) is 230 cm³/mol. The highest BCUT2D eigenvalue weighted by molar-refractivity contribution is 7.93. The van der Waals surface area contributed by atoms with E-state index >= 15 is 0 Å². The van der Waals surface area contributed by atoms with Crippen LogP contribution in [0, 0.1) is 5.82 Å². The summed E-state index contributed by atoms with van der Waals surface area (Å²) >= 11 is 0. The summed E-state index contributed by atoms with van der Waals surface area (Å²) in [6.07, 6.45) is 10.0. The number of alkyl halides is 1. The maximum atomic E-state index is 14.7. The van der Waals surface area contributed by atoms with Gasteiger partial charge in [-0.3, -0.25) is 18.2 Å². The van der Waals surface area contributed by atoms with Crippen LogP contribution in [0.15, 0.2) is 75.6 Å². The van der Waals surface area contributed by atoms with Crippen LogP contribution in [0.25, 0.3) is 50.2 Å². The Balaban J connectivity index is 1.24. The SMILES string of the molecule is CNC(=O)c1c(C2=CCC(C)(F)C=C2)oc2nc3c(cc12)C(C)=CCCN3S(=O)(=O)C/C=C1/CCCN(S(C)(=O)=O)c2nc3oc(-c4ccc(F)cc4)c(C(=O)NC)c3cc21.